The number of aryl methyl sites for hydroxylation is 1. The van der Waals surface area contributed by atoms with Gasteiger partial charge in [-0.1, -0.05) is 48.5 Å². The van der Waals surface area contributed by atoms with Crippen molar-refractivity contribution in [3.63, 3.8) is 0 Å². The highest BCUT2D eigenvalue weighted by molar-refractivity contribution is 7.89. The van der Waals surface area contributed by atoms with E-state index >= 15 is 0 Å². The zero-order chi connectivity index (χ0) is 19.8. The normalized spacial score (nSPS) is 20.6. The van der Waals surface area contributed by atoms with E-state index in [9.17, 15) is 18.3 Å². The minimum Gasteiger partial charge on any atom is -0.391 e. The Bertz CT molecular complexity index is 962. The summed E-state index contributed by atoms with van der Waals surface area (Å²) in [6.45, 7) is 7.67. The molecule has 0 aliphatic carbocycles. The van der Waals surface area contributed by atoms with Crippen LogP contribution in [0.25, 0.3) is 5.57 Å². The molecule has 1 aliphatic rings. The molecule has 6 heteroatoms. The van der Waals surface area contributed by atoms with Crippen molar-refractivity contribution < 1.29 is 18.3 Å². The maximum Gasteiger partial charge on any atom is 0.243 e. The maximum atomic E-state index is 12.9. The van der Waals surface area contributed by atoms with Gasteiger partial charge in [0.15, 0.2) is 5.78 Å². The second-order valence-corrected chi connectivity index (χ2v) is 8.91. The van der Waals surface area contributed by atoms with Crippen LogP contribution < -0.4 is 0 Å². The van der Waals surface area contributed by atoms with Gasteiger partial charge < -0.3 is 5.11 Å². The number of β-amino-alcohol motifs (C(OH)–C–C–N with tert-alkyl or cyclic N) is 1. The number of sulfonamides is 1. The summed E-state index contributed by atoms with van der Waals surface area (Å²) in [5.74, 6) is -0.420. The molecule has 1 fully saturated rings. The largest absolute Gasteiger partial charge is 0.391 e. The number of aliphatic hydroxyl groups excluding tert-OH is 1. The summed E-state index contributed by atoms with van der Waals surface area (Å²) in [6, 6.07) is 13.7. The van der Waals surface area contributed by atoms with Gasteiger partial charge in [-0.3, -0.25) is 4.79 Å². The van der Waals surface area contributed by atoms with Crippen molar-refractivity contribution in [2.75, 3.05) is 13.1 Å². The first-order chi connectivity index (χ1) is 12.7. The SMILES string of the molecule is C=C(c1ccc(C(C)=O)cc1)[C@H]1CN(S(=O)(=O)c2ccc(C)cc2)C[C@H]1O. The maximum absolute atomic E-state index is 12.9. The lowest BCUT2D eigenvalue weighted by atomic mass is 9.91. The van der Waals surface area contributed by atoms with Crippen molar-refractivity contribution in [2.24, 2.45) is 5.92 Å². The molecule has 2 aromatic carbocycles. The molecule has 1 aliphatic heterocycles. The Kier molecular flexibility index (Phi) is 5.33. The molecule has 142 valence electrons. The first-order valence-corrected chi connectivity index (χ1v) is 10.2. The van der Waals surface area contributed by atoms with E-state index in [0.29, 0.717) is 11.1 Å². The molecule has 0 amide bonds. The van der Waals surface area contributed by atoms with Gasteiger partial charge >= 0.3 is 0 Å². The molecule has 2 atom stereocenters. The lowest BCUT2D eigenvalue weighted by Gasteiger charge is -2.18. The van der Waals surface area contributed by atoms with Crippen LogP contribution in [0, 0.1) is 12.8 Å². The number of carbonyl (C=O) groups is 1. The summed E-state index contributed by atoms with van der Waals surface area (Å²) in [7, 11) is -3.67. The van der Waals surface area contributed by atoms with Crippen molar-refractivity contribution in [3.05, 3.63) is 71.8 Å². The number of benzene rings is 2. The molecule has 27 heavy (non-hydrogen) atoms. The molecule has 0 aromatic heterocycles. The quantitative estimate of drug-likeness (QED) is 0.803. The van der Waals surface area contributed by atoms with Crippen LogP contribution in [0.2, 0.25) is 0 Å². The fourth-order valence-electron chi connectivity index (χ4n) is 3.28. The molecule has 0 radical (unpaired) electrons. The molecule has 5 nitrogen and oxygen atoms in total. The predicted molar refractivity (Wildman–Crippen MR) is 105 cm³/mol. The van der Waals surface area contributed by atoms with Gasteiger partial charge in [0.25, 0.3) is 0 Å². The Labute approximate surface area is 160 Å². The highest BCUT2D eigenvalue weighted by atomic mass is 32.2. The van der Waals surface area contributed by atoms with Gasteiger partial charge in [-0.05, 0) is 37.1 Å². The summed E-state index contributed by atoms with van der Waals surface area (Å²) in [5.41, 5.74) is 3.04. The van der Waals surface area contributed by atoms with Gasteiger partial charge in [0, 0.05) is 24.6 Å². The average Bonchev–Trinajstić information content (AvgIpc) is 3.04. The topological polar surface area (TPSA) is 74.7 Å². The lowest BCUT2D eigenvalue weighted by molar-refractivity contribution is 0.101. The number of nitrogens with zero attached hydrogens (tertiary/aromatic N) is 1. The van der Waals surface area contributed by atoms with E-state index in [1.54, 1.807) is 48.5 Å². The minimum atomic E-state index is -3.67. The van der Waals surface area contributed by atoms with Crippen LogP contribution in [0.1, 0.15) is 28.4 Å². The molecule has 0 spiro atoms. The summed E-state index contributed by atoms with van der Waals surface area (Å²) in [5, 5.41) is 10.5. The highest BCUT2D eigenvalue weighted by Gasteiger charge is 2.39. The van der Waals surface area contributed by atoms with Crippen LogP contribution >= 0.6 is 0 Å². The zero-order valence-electron chi connectivity index (χ0n) is 15.4. The number of aliphatic hydroxyl groups is 1. The summed E-state index contributed by atoms with van der Waals surface area (Å²) >= 11 is 0. The monoisotopic (exact) mass is 385 g/mol. The third kappa shape index (κ3) is 3.88. The first-order valence-electron chi connectivity index (χ1n) is 8.75. The molecule has 1 heterocycles. The third-order valence-electron chi connectivity index (χ3n) is 5.02. The van der Waals surface area contributed by atoms with Crippen LogP contribution in [-0.2, 0) is 10.0 Å². The van der Waals surface area contributed by atoms with Crippen LogP contribution in [0.5, 0.6) is 0 Å². The molecule has 2 aromatic rings. The molecule has 3 rings (SSSR count). The van der Waals surface area contributed by atoms with E-state index in [2.05, 4.69) is 6.58 Å². The van der Waals surface area contributed by atoms with Crippen molar-refractivity contribution in [1.82, 2.24) is 4.31 Å². The first kappa shape index (κ1) is 19.5. The fraction of sp³-hybridized carbons (Fsp3) is 0.286. The number of hydrogen-bond donors (Lipinski definition) is 1. The Balaban J connectivity index is 1.80. The Morgan fingerprint density at radius 2 is 1.59 bits per heavy atom. The number of hydrogen-bond acceptors (Lipinski definition) is 4. The third-order valence-corrected chi connectivity index (χ3v) is 6.87. The zero-order valence-corrected chi connectivity index (χ0v) is 16.2. The fourth-order valence-corrected chi connectivity index (χ4v) is 4.77. The van der Waals surface area contributed by atoms with Gasteiger partial charge in [0.2, 0.25) is 10.0 Å². The molecule has 1 saturated heterocycles. The number of Topliss-reactive ketones (excluding diaryl/α,β-unsaturated/α-hetero) is 1. The standard InChI is InChI=1S/C21H23NO4S/c1-14-4-10-19(11-5-14)27(25,26)22-12-20(21(24)13-22)15(2)17-6-8-18(9-7-17)16(3)23/h4-11,20-21,24H,2,12-13H2,1,3H3/t20-,21-/m1/s1. The lowest BCUT2D eigenvalue weighted by Crippen LogP contribution is -2.29. The second kappa shape index (κ2) is 7.38. The molecule has 0 unspecified atom stereocenters. The number of carbonyl (C=O) groups excluding carboxylic acids is 1. The molecular weight excluding hydrogens is 362 g/mol. The average molecular weight is 385 g/mol. The van der Waals surface area contributed by atoms with Crippen LogP contribution in [0.4, 0.5) is 0 Å². The van der Waals surface area contributed by atoms with Crippen LogP contribution in [-0.4, -0.2) is 42.8 Å². The van der Waals surface area contributed by atoms with Crippen LogP contribution in [0.15, 0.2) is 60.0 Å². The molecule has 1 N–H and O–H groups in total. The summed E-state index contributed by atoms with van der Waals surface area (Å²) in [4.78, 5) is 11.6. The Morgan fingerprint density at radius 3 is 2.15 bits per heavy atom. The Hall–Kier alpha value is -2.28. The molecule has 0 saturated carbocycles. The van der Waals surface area contributed by atoms with E-state index in [1.165, 1.54) is 11.2 Å². The van der Waals surface area contributed by atoms with Gasteiger partial charge in [-0.15, -0.1) is 0 Å². The van der Waals surface area contributed by atoms with E-state index in [1.807, 2.05) is 6.92 Å². The van der Waals surface area contributed by atoms with E-state index in [4.69, 9.17) is 0 Å². The molecular formula is C21H23NO4S. The molecule has 0 bridgehead atoms. The van der Waals surface area contributed by atoms with Crippen molar-refractivity contribution >= 4 is 21.4 Å². The minimum absolute atomic E-state index is 0.0246. The van der Waals surface area contributed by atoms with E-state index < -0.39 is 22.0 Å². The summed E-state index contributed by atoms with van der Waals surface area (Å²) in [6.07, 6.45) is -0.829. The van der Waals surface area contributed by atoms with Gasteiger partial charge in [0.1, 0.15) is 0 Å². The van der Waals surface area contributed by atoms with E-state index in [0.717, 1.165) is 11.1 Å². The van der Waals surface area contributed by atoms with Crippen molar-refractivity contribution in [2.45, 2.75) is 24.8 Å². The number of rotatable bonds is 5. The predicted octanol–water partition coefficient (Wildman–Crippen LogP) is 2.89. The smallest absolute Gasteiger partial charge is 0.243 e. The van der Waals surface area contributed by atoms with Gasteiger partial charge in [-0.25, -0.2) is 8.42 Å². The summed E-state index contributed by atoms with van der Waals surface area (Å²) < 4.78 is 27.0. The van der Waals surface area contributed by atoms with Crippen LogP contribution in [0.3, 0.4) is 0 Å². The van der Waals surface area contributed by atoms with Crippen molar-refractivity contribution in [3.8, 4) is 0 Å². The highest BCUT2D eigenvalue weighted by Crippen LogP contribution is 2.33. The van der Waals surface area contributed by atoms with Gasteiger partial charge in [-0.2, -0.15) is 4.31 Å². The van der Waals surface area contributed by atoms with E-state index in [-0.39, 0.29) is 23.8 Å². The van der Waals surface area contributed by atoms with Gasteiger partial charge in [0.05, 0.1) is 11.0 Å². The number of ketones is 1. The van der Waals surface area contributed by atoms with Crippen molar-refractivity contribution in [1.29, 1.82) is 0 Å². The Morgan fingerprint density at radius 1 is 1.04 bits per heavy atom. The second-order valence-electron chi connectivity index (χ2n) is 6.97.